The third-order valence-corrected chi connectivity index (χ3v) is 3.49. The summed E-state index contributed by atoms with van der Waals surface area (Å²) in [6.07, 6.45) is 7.01. The molecule has 2 nitrogen and oxygen atoms in total. The highest BCUT2D eigenvalue weighted by Crippen LogP contribution is 2.37. The van der Waals surface area contributed by atoms with E-state index in [0.29, 0.717) is 12.0 Å². The molecule has 0 amide bonds. The minimum Gasteiger partial charge on any atom is -0.467 e. The van der Waals surface area contributed by atoms with Gasteiger partial charge < -0.3 is 9.73 Å². The minimum absolute atomic E-state index is 0.473. The first-order valence-corrected chi connectivity index (χ1v) is 5.67. The lowest BCUT2D eigenvalue weighted by Crippen LogP contribution is -2.31. The molecule has 1 saturated carbocycles. The number of hydrogen-bond donors (Lipinski definition) is 1. The molecule has 2 atom stereocenters. The van der Waals surface area contributed by atoms with Gasteiger partial charge >= 0.3 is 0 Å². The number of rotatable bonds is 2. The van der Waals surface area contributed by atoms with Gasteiger partial charge in [-0.1, -0.05) is 6.92 Å². The molecule has 1 aromatic heterocycles. The van der Waals surface area contributed by atoms with Crippen LogP contribution in [0.4, 0.5) is 0 Å². The van der Waals surface area contributed by atoms with E-state index in [0.717, 1.165) is 6.04 Å². The van der Waals surface area contributed by atoms with Crippen LogP contribution in [0.25, 0.3) is 0 Å². The Bertz CT molecular complexity index is 327. The highest BCUT2D eigenvalue weighted by atomic mass is 16.3. The Labute approximate surface area is 84.7 Å². The second kappa shape index (κ2) is 3.13. The lowest BCUT2D eigenvalue weighted by atomic mass is 9.85. The summed E-state index contributed by atoms with van der Waals surface area (Å²) in [6, 6.07) is 3.36. The first-order valence-electron chi connectivity index (χ1n) is 5.67. The largest absolute Gasteiger partial charge is 0.467 e. The van der Waals surface area contributed by atoms with Gasteiger partial charge in [-0.25, -0.2) is 0 Å². The summed E-state index contributed by atoms with van der Waals surface area (Å²) >= 11 is 0. The van der Waals surface area contributed by atoms with Crippen molar-refractivity contribution in [2.75, 3.05) is 0 Å². The van der Waals surface area contributed by atoms with Gasteiger partial charge in [0.1, 0.15) is 5.76 Å². The molecule has 2 aliphatic carbocycles. The van der Waals surface area contributed by atoms with Crippen molar-refractivity contribution in [3.05, 3.63) is 23.7 Å². The lowest BCUT2D eigenvalue weighted by Gasteiger charge is -2.28. The van der Waals surface area contributed by atoms with Gasteiger partial charge in [-0.2, -0.15) is 0 Å². The second-order valence-corrected chi connectivity index (χ2v) is 4.74. The van der Waals surface area contributed by atoms with Gasteiger partial charge in [-0.15, -0.1) is 0 Å². The summed E-state index contributed by atoms with van der Waals surface area (Å²) in [6.45, 7) is 2.32. The predicted octanol–water partition coefficient (Wildman–Crippen LogP) is 2.66. The second-order valence-electron chi connectivity index (χ2n) is 4.74. The van der Waals surface area contributed by atoms with E-state index in [1.165, 1.54) is 37.0 Å². The van der Waals surface area contributed by atoms with E-state index in [2.05, 4.69) is 18.3 Å². The number of aryl methyl sites for hydroxylation is 1. The van der Waals surface area contributed by atoms with E-state index < -0.39 is 0 Å². The first kappa shape index (κ1) is 8.54. The van der Waals surface area contributed by atoms with E-state index in [1.807, 2.05) is 6.26 Å². The third-order valence-electron chi connectivity index (χ3n) is 3.49. The van der Waals surface area contributed by atoms with Crippen molar-refractivity contribution in [3.8, 4) is 0 Å². The maximum absolute atomic E-state index is 5.61. The predicted molar refractivity (Wildman–Crippen MR) is 55.1 cm³/mol. The van der Waals surface area contributed by atoms with Gasteiger partial charge in [0.25, 0.3) is 0 Å². The third kappa shape index (κ3) is 1.38. The number of nitrogens with one attached hydrogen (secondary N) is 1. The van der Waals surface area contributed by atoms with Crippen LogP contribution in [0.15, 0.2) is 16.7 Å². The summed E-state index contributed by atoms with van der Waals surface area (Å²) < 4.78 is 5.61. The summed E-state index contributed by atoms with van der Waals surface area (Å²) in [4.78, 5) is 0. The van der Waals surface area contributed by atoms with Crippen molar-refractivity contribution in [3.63, 3.8) is 0 Å². The van der Waals surface area contributed by atoms with E-state index in [1.54, 1.807) is 0 Å². The minimum atomic E-state index is 0.473. The van der Waals surface area contributed by atoms with Gasteiger partial charge in [0.05, 0.1) is 12.3 Å². The molecule has 0 aromatic carbocycles. The summed E-state index contributed by atoms with van der Waals surface area (Å²) in [7, 11) is 0. The first-order chi connectivity index (χ1) is 6.84. The van der Waals surface area contributed by atoms with Crippen LogP contribution >= 0.6 is 0 Å². The van der Waals surface area contributed by atoms with Crippen LogP contribution in [0.5, 0.6) is 0 Å². The van der Waals surface area contributed by atoms with Crippen LogP contribution in [0.2, 0.25) is 0 Å². The Morgan fingerprint density at radius 1 is 1.36 bits per heavy atom. The van der Waals surface area contributed by atoms with Crippen LogP contribution in [-0.4, -0.2) is 6.04 Å². The maximum atomic E-state index is 5.61. The number of hydrogen-bond acceptors (Lipinski definition) is 2. The molecule has 1 aromatic rings. The Kier molecular flexibility index (Phi) is 1.91. The van der Waals surface area contributed by atoms with Crippen LogP contribution in [0.3, 0.4) is 0 Å². The fourth-order valence-corrected chi connectivity index (χ4v) is 2.38. The molecule has 0 spiro atoms. The molecule has 0 bridgehead atoms. The zero-order valence-corrected chi connectivity index (χ0v) is 8.62. The number of furan rings is 1. The van der Waals surface area contributed by atoms with Gasteiger partial charge in [0, 0.05) is 6.04 Å². The molecule has 2 unspecified atom stereocenters. The highest BCUT2D eigenvalue weighted by Gasteiger charge is 2.33. The quantitative estimate of drug-likeness (QED) is 0.777. The standard InChI is InChI=1S/C12H17NO/c1-8-2-3-9-6-7-14-12(9)11(8)13-10-4-5-10/h6-8,10-11,13H,2-5H2,1H3. The van der Waals surface area contributed by atoms with Crippen molar-refractivity contribution in [2.24, 2.45) is 5.92 Å². The average molecular weight is 191 g/mol. The van der Waals surface area contributed by atoms with Crippen molar-refractivity contribution in [2.45, 2.75) is 44.7 Å². The molecule has 1 N–H and O–H groups in total. The highest BCUT2D eigenvalue weighted by molar-refractivity contribution is 5.24. The zero-order chi connectivity index (χ0) is 9.54. The van der Waals surface area contributed by atoms with Crippen molar-refractivity contribution >= 4 is 0 Å². The monoisotopic (exact) mass is 191 g/mol. The molecule has 14 heavy (non-hydrogen) atoms. The SMILES string of the molecule is CC1CCc2ccoc2C1NC1CC1. The summed E-state index contributed by atoms with van der Waals surface area (Å²) in [5.41, 5.74) is 1.42. The van der Waals surface area contributed by atoms with Gasteiger partial charge in [-0.05, 0) is 43.2 Å². The molecule has 3 rings (SSSR count). The lowest BCUT2D eigenvalue weighted by molar-refractivity contribution is 0.289. The summed E-state index contributed by atoms with van der Waals surface area (Å²) in [5, 5.41) is 3.69. The zero-order valence-electron chi connectivity index (χ0n) is 8.62. The fraction of sp³-hybridized carbons (Fsp3) is 0.667. The Morgan fingerprint density at radius 3 is 3.00 bits per heavy atom. The molecule has 2 heteroatoms. The van der Waals surface area contributed by atoms with Crippen molar-refractivity contribution < 1.29 is 4.42 Å². The Hall–Kier alpha value is -0.760. The molecule has 1 fully saturated rings. The van der Waals surface area contributed by atoms with Crippen LogP contribution in [0, 0.1) is 5.92 Å². The van der Waals surface area contributed by atoms with E-state index in [9.17, 15) is 0 Å². The van der Waals surface area contributed by atoms with Gasteiger partial charge in [-0.3, -0.25) is 0 Å². The average Bonchev–Trinajstić information content (AvgIpc) is 2.86. The van der Waals surface area contributed by atoms with Gasteiger partial charge in [0.2, 0.25) is 0 Å². The van der Waals surface area contributed by atoms with Crippen molar-refractivity contribution in [1.29, 1.82) is 0 Å². The molecule has 2 aliphatic rings. The molecular formula is C12H17NO. The van der Waals surface area contributed by atoms with Gasteiger partial charge in [0.15, 0.2) is 0 Å². The molecule has 76 valence electrons. The van der Waals surface area contributed by atoms with E-state index >= 15 is 0 Å². The molecular weight excluding hydrogens is 174 g/mol. The topological polar surface area (TPSA) is 25.2 Å². The molecule has 0 radical (unpaired) electrons. The maximum Gasteiger partial charge on any atom is 0.124 e. The fourth-order valence-electron chi connectivity index (χ4n) is 2.38. The van der Waals surface area contributed by atoms with Crippen LogP contribution in [-0.2, 0) is 6.42 Å². The van der Waals surface area contributed by atoms with Crippen LogP contribution in [0.1, 0.15) is 43.6 Å². The van der Waals surface area contributed by atoms with Crippen LogP contribution < -0.4 is 5.32 Å². The molecule has 0 aliphatic heterocycles. The normalized spacial score (nSPS) is 31.5. The van der Waals surface area contributed by atoms with E-state index in [-0.39, 0.29) is 0 Å². The molecule has 0 saturated heterocycles. The Balaban J connectivity index is 1.86. The van der Waals surface area contributed by atoms with Crippen molar-refractivity contribution in [1.82, 2.24) is 5.32 Å². The van der Waals surface area contributed by atoms with E-state index in [4.69, 9.17) is 4.42 Å². The summed E-state index contributed by atoms with van der Waals surface area (Å²) in [5.74, 6) is 1.92. The molecule has 1 heterocycles. The smallest absolute Gasteiger partial charge is 0.124 e. The number of fused-ring (bicyclic) bond motifs is 1. The Morgan fingerprint density at radius 2 is 2.21 bits per heavy atom.